The number of hydrogen-bond donors (Lipinski definition) is 3. The number of aromatic amines is 1. The van der Waals surface area contributed by atoms with Gasteiger partial charge in [-0.3, -0.25) is 9.89 Å². The predicted octanol–water partition coefficient (Wildman–Crippen LogP) is 2.70. The van der Waals surface area contributed by atoms with Gasteiger partial charge in [0.25, 0.3) is 5.91 Å². The Hall–Kier alpha value is -2.01. The summed E-state index contributed by atoms with van der Waals surface area (Å²) in [6.45, 7) is 3.83. The van der Waals surface area contributed by atoms with Gasteiger partial charge in [-0.25, -0.2) is 0 Å². The Morgan fingerprint density at radius 1 is 1.55 bits per heavy atom. The van der Waals surface area contributed by atoms with Gasteiger partial charge in [-0.2, -0.15) is 5.10 Å². The monoisotopic (exact) mass is 292 g/mol. The van der Waals surface area contributed by atoms with Crippen LogP contribution < -0.4 is 11.1 Å². The number of aryl methyl sites for hydroxylation is 1. The number of hydrogen-bond acceptors (Lipinski definition) is 3. The van der Waals surface area contributed by atoms with E-state index >= 15 is 0 Å². The molecule has 2 aromatic rings. The Morgan fingerprint density at radius 3 is 2.90 bits per heavy atom. The molecule has 2 rings (SSSR count). The van der Waals surface area contributed by atoms with Crippen LogP contribution in [0.2, 0.25) is 5.02 Å². The molecule has 6 heteroatoms. The number of carbonyl (C=O) groups excluding carboxylic acids is 1. The summed E-state index contributed by atoms with van der Waals surface area (Å²) < 4.78 is 0. The van der Waals surface area contributed by atoms with Crippen molar-refractivity contribution >= 4 is 23.2 Å². The van der Waals surface area contributed by atoms with E-state index in [9.17, 15) is 4.79 Å². The van der Waals surface area contributed by atoms with E-state index in [2.05, 4.69) is 15.5 Å². The molecule has 5 nitrogen and oxygen atoms in total. The lowest BCUT2D eigenvalue weighted by Gasteiger charge is -2.14. The first-order valence-electron chi connectivity index (χ1n) is 6.42. The van der Waals surface area contributed by atoms with E-state index in [1.54, 1.807) is 6.07 Å². The van der Waals surface area contributed by atoms with Gasteiger partial charge in [-0.15, -0.1) is 0 Å². The molecule has 1 amide bonds. The maximum Gasteiger partial charge on any atom is 0.274 e. The van der Waals surface area contributed by atoms with Gasteiger partial charge in [0.1, 0.15) is 0 Å². The van der Waals surface area contributed by atoms with E-state index in [4.69, 9.17) is 17.3 Å². The standard InChI is InChI=1S/C14H17ClN4O/c1-3-11-12(16)13(19-18-11)14(20)17-8(2)9-5-4-6-10(15)7-9/h4-8H,3,16H2,1-2H3,(H,17,20)(H,18,19). The lowest BCUT2D eigenvalue weighted by atomic mass is 10.1. The summed E-state index contributed by atoms with van der Waals surface area (Å²) in [5, 5.41) is 10.2. The van der Waals surface area contributed by atoms with Gasteiger partial charge in [-0.05, 0) is 31.0 Å². The fourth-order valence-electron chi connectivity index (χ4n) is 1.95. The molecule has 0 saturated carbocycles. The summed E-state index contributed by atoms with van der Waals surface area (Å²) in [5.74, 6) is -0.300. The van der Waals surface area contributed by atoms with Gasteiger partial charge in [0.2, 0.25) is 0 Å². The first kappa shape index (κ1) is 14.4. The number of nitrogen functional groups attached to an aromatic ring is 1. The molecule has 1 unspecified atom stereocenters. The zero-order valence-electron chi connectivity index (χ0n) is 11.4. The number of amides is 1. The number of nitrogens with one attached hydrogen (secondary N) is 2. The Labute approximate surface area is 122 Å². The van der Waals surface area contributed by atoms with Gasteiger partial charge >= 0.3 is 0 Å². The normalized spacial score (nSPS) is 12.2. The van der Waals surface area contributed by atoms with Crippen LogP contribution in [-0.4, -0.2) is 16.1 Å². The van der Waals surface area contributed by atoms with Crippen molar-refractivity contribution in [1.82, 2.24) is 15.5 Å². The van der Waals surface area contributed by atoms with Crippen LogP contribution in [0, 0.1) is 0 Å². The third-order valence-electron chi connectivity index (χ3n) is 3.15. The molecule has 1 atom stereocenters. The van der Waals surface area contributed by atoms with Crippen molar-refractivity contribution in [3.05, 3.63) is 46.2 Å². The summed E-state index contributed by atoms with van der Waals surface area (Å²) in [6.07, 6.45) is 0.704. The molecule has 106 valence electrons. The Balaban J connectivity index is 2.13. The quantitative estimate of drug-likeness (QED) is 0.810. The van der Waals surface area contributed by atoms with Crippen LogP contribution in [0.15, 0.2) is 24.3 Å². The first-order valence-corrected chi connectivity index (χ1v) is 6.79. The van der Waals surface area contributed by atoms with E-state index in [0.29, 0.717) is 17.1 Å². The highest BCUT2D eigenvalue weighted by atomic mass is 35.5. The van der Waals surface area contributed by atoms with Crippen LogP contribution in [0.5, 0.6) is 0 Å². The Kier molecular flexibility index (Phi) is 4.29. The molecule has 1 aromatic heterocycles. The average molecular weight is 293 g/mol. The molecule has 0 bridgehead atoms. The summed E-state index contributed by atoms with van der Waals surface area (Å²) >= 11 is 5.94. The minimum atomic E-state index is -0.300. The molecule has 1 heterocycles. The van der Waals surface area contributed by atoms with Crippen molar-refractivity contribution in [3.63, 3.8) is 0 Å². The van der Waals surface area contributed by atoms with Gasteiger partial charge in [0.15, 0.2) is 5.69 Å². The van der Waals surface area contributed by atoms with Crippen LogP contribution >= 0.6 is 11.6 Å². The van der Waals surface area contributed by atoms with Crippen molar-refractivity contribution < 1.29 is 4.79 Å². The van der Waals surface area contributed by atoms with E-state index in [0.717, 1.165) is 11.3 Å². The van der Waals surface area contributed by atoms with E-state index in [1.165, 1.54) is 0 Å². The number of aromatic nitrogens is 2. The number of anilines is 1. The Bertz CT molecular complexity index is 623. The summed E-state index contributed by atoms with van der Waals surface area (Å²) in [6, 6.07) is 7.18. The third-order valence-corrected chi connectivity index (χ3v) is 3.38. The predicted molar refractivity (Wildman–Crippen MR) is 79.7 cm³/mol. The SMILES string of the molecule is CCc1[nH]nc(C(=O)NC(C)c2cccc(Cl)c2)c1N. The second-order valence-corrected chi connectivity index (χ2v) is 5.00. The summed E-state index contributed by atoms with van der Waals surface area (Å²) in [7, 11) is 0. The van der Waals surface area contributed by atoms with Gasteiger partial charge in [0, 0.05) is 5.02 Å². The van der Waals surface area contributed by atoms with Crippen LogP contribution in [0.3, 0.4) is 0 Å². The molecule has 0 spiro atoms. The molecular weight excluding hydrogens is 276 g/mol. The topological polar surface area (TPSA) is 83.8 Å². The zero-order chi connectivity index (χ0) is 14.7. The maximum absolute atomic E-state index is 12.2. The molecule has 0 radical (unpaired) electrons. The molecule has 0 aliphatic carbocycles. The molecule has 0 fully saturated rings. The number of nitrogens with zero attached hydrogens (tertiary/aromatic N) is 1. The minimum absolute atomic E-state index is 0.178. The highest BCUT2D eigenvalue weighted by Gasteiger charge is 2.18. The van der Waals surface area contributed by atoms with Gasteiger partial charge < -0.3 is 11.1 Å². The van der Waals surface area contributed by atoms with E-state index < -0.39 is 0 Å². The first-order chi connectivity index (χ1) is 9.52. The fraction of sp³-hybridized carbons (Fsp3) is 0.286. The van der Waals surface area contributed by atoms with E-state index in [1.807, 2.05) is 32.0 Å². The third kappa shape index (κ3) is 2.93. The molecule has 1 aromatic carbocycles. The largest absolute Gasteiger partial charge is 0.395 e. The zero-order valence-corrected chi connectivity index (χ0v) is 12.2. The number of rotatable bonds is 4. The Morgan fingerprint density at radius 2 is 2.30 bits per heavy atom. The molecule has 0 saturated heterocycles. The van der Waals surface area contributed by atoms with Crippen molar-refractivity contribution in [2.75, 3.05) is 5.73 Å². The second-order valence-electron chi connectivity index (χ2n) is 4.57. The number of H-pyrrole nitrogens is 1. The average Bonchev–Trinajstić information content (AvgIpc) is 2.79. The van der Waals surface area contributed by atoms with Crippen LogP contribution in [0.1, 0.15) is 41.6 Å². The highest BCUT2D eigenvalue weighted by Crippen LogP contribution is 2.19. The second kappa shape index (κ2) is 5.96. The van der Waals surface area contributed by atoms with Crippen molar-refractivity contribution in [3.8, 4) is 0 Å². The fourth-order valence-corrected chi connectivity index (χ4v) is 2.15. The number of benzene rings is 1. The smallest absolute Gasteiger partial charge is 0.274 e. The number of carbonyl (C=O) groups is 1. The number of halogens is 1. The molecule has 4 N–H and O–H groups in total. The van der Waals surface area contributed by atoms with Crippen LogP contribution in [0.4, 0.5) is 5.69 Å². The molecule has 20 heavy (non-hydrogen) atoms. The van der Waals surface area contributed by atoms with Crippen LogP contribution in [-0.2, 0) is 6.42 Å². The van der Waals surface area contributed by atoms with Crippen molar-refractivity contribution in [2.24, 2.45) is 0 Å². The van der Waals surface area contributed by atoms with Crippen molar-refractivity contribution in [2.45, 2.75) is 26.3 Å². The number of nitrogens with two attached hydrogens (primary N) is 1. The highest BCUT2D eigenvalue weighted by molar-refractivity contribution is 6.30. The van der Waals surface area contributed by atoms with Gasteiger partial charge in [0.05, 0.1) is 17.4 Å². The van der Waals surface area contributed by atoms with Crippen molar-refractivity contribution in [1.29, 1.82) is 0 Å². The van der Waals surface area contributed by atoms with Gasteiger partial charge in [-0.1, -0.05) is 30.7 Å². The maximum atomic E-state index is 12.2. The lowest BCUT2D eigenvalue weighted by Crippen LogP contribution is -2.27. The molecule has 0 aliphatic rings. The van der Waals surface area contributed by atoms with E-state index in [-0.39, 0.29) is 17.6 Å². The summed E-state index contributed by atoms with van der Waals surface area (Å²) in [5.41, 5.74) is 8.21. The molecular formula is C14H17ClN4O. The lowest BCUT2D eigenvalue weighted by molar-refractivity contribution is 0.0935. The molecule has 0 aliphatic heterocycles. The minimum Gasteiger partial charge on any atom is -0.395 e. The summed E-state index contributed by atoms with van der Waals surface area (Å²) in [4.78, 5) is 12.2. The van der Waals surface area contributed by atoms with Crippen LogP contribution in [0.25, 0.3) is 0 Å².